The Labute approximate surface area is 82.8 Å². The number of hydrogen-bond donors (Lipinski definition) is 0. The minimum absolute atomic E-state index is 0. The summed E-state index contributed by atoms with van der Waals surface area (Å²) in [6, 6.07) is 0. The second-order valence-corrected chi connectivity index (χ2v) is 2.57. The summed E-state index contributed by atoms with van der Waals surface area (Å²) in [5.41, 5.74) is 0. The van der Waals surface area contributed by atoms with Gasteiger partial charge in [0.1, 0.15) is 0 Å². The van der Waals surface area contributed by atoms with E-state index in [1.54, 1.807) is 6.92 Å². The van der Waals surface area contributed by atoms with Crippen molar-refractivity contribution in [1.29, 1.82) is 0 Å². The van der Waals surface area contributed by atoms with Crippen molar-refractivity contribution in [3.05, 3.63) is 0 Å². The van der Waals surface area contributed by atoms with Crippen molar-refractivity contribution in [2.45, 2.75) is 40.0 Å². The lowest BCUT2D eigenvalue weighted by atomic mass is 10.1. The van der Waals surface area contributed by atoms with Gasteiger partial charge in [-0.05, 0) is 19.3 Å². The molecule has 0 saturated carbocycles. The fourth-order valence-electron chi connectivity index (χ4n) is 1.21. The topological polar surface area (TPSA) is 20.3 Å². The van der Waals surface area contributed by atoms with Crippen LogP contribution in [0.2, 0.25) is 0 Å². The highest BCUT2D eigenvalue weighted by molar-refractivity contribution is 7.59. The molecule has 0 aromatic rings. The molecule has 2 nitrogen and oxygen atoms in total. The minimum Gasteiger partial charge on any atom is -0.343 e. The van der Waals surface area contributed by atoms with E-state index >= 15 is 0 Å². The first-order valence-electron chi connectivity index (χ1n) is 4.56. The maximum Gasteiger partial charge on any atom is 0.219 e. The molecule has 0 aromatic heterocycles. The molecule has 0 N–H and O–H groups in total. The fraction of sp³-hybridized carbons (Fsp3) is 0.889. The van der Waals surface area contributed by atoms with E-state index in [2.05, 4.69) is 0 Å². The number of carbonyl (C=O) groups is 1. The van der Waals surface area contributed by atoms with E-state index in [1.165, 1.54) is 19.3 Å². The Morgan fingerprint density at radius 3 is 1.75 bits per heavy atom. The maximum absolute atomic E-state index is 10.7. The summed E-state index contributed by atoms with van der Waals surface area (Å²) >= 11 is 0. The highest BCUT2D eigenvalue weighted by Gasteiger charge is 2.10. The lowest BCUT2D eigenvalue weighted by Gasteiger charge is -2.24. The van der Waals surface area contributed by atoms with Gasteiger partial charge in [-0.15, -0.1) is 0 Å². The predicted molar refractivity (Wildman–Crippen MR) is 57.8 cm³/mol. The van der Waals surface area contributed by atoms with Crippen LogP contribution in [-0.4, -0.2) is 23.9 Å². The van der Waals surface area contributed by atoms with Gasteiger partial charge < -0.3 is 4.90 Å². The van der Waals surface area contributed by atoms with Crippen LogP contribution in [0.25, 0.3) is 0 Å². The van der Waals surface area contributed by atoms with Crippen molar-refractivity contribution in [2.75, 3.05) is 13.1 Å². The lowest BCUT2D eigenvalue weighted by molar-refractivity contribution is -0.129. The number of amides is 1. The first-order valence-corrected chi connectivity index (χ1v) is 4.56. The smallest absolute Gasteiger partial charge is 0.219 e. The van der Waals surface area contributed by atoms with Crippen molar-refractivity contribution in [3.8, 4) is 0 Å². The van der Waals surface area contributed by atoms with Crippen molar-refractivity contribution in [2.24, 2.45) is 0 Å². The summed E-state index contributed by atoms with van der Waals surface area (Å²) in [5, 5.41) is 0. The molecule has 1 aliphatic heterocycles. The summed E-state index contributed by atoms with van der Waals surface area (Å²) in [6.45, 7) is 7.61. The van der Waals surface area contributed by atoms with Crippen LogP contribution in [0.5, 0.6) is 0 Å². The molecule has 1 aliphatic rings. The standard InChI is InChI=1S/C7H13NO.C2H6.H2S/c1-7(9)8-5-3-2-4-6-8;1-2;/h2-6H2,1H3;1-2H3;1H2. The number of nitrogens with zero attached hydrogens (tertiary/aromatic N) is 1. The van der Waals surface area contributed by atoms with E-state index in [1.807, 2.05) is 18.7 Å². The Bertz CT molecular complexity index is 111. The SMILES string of the molecule is CC.CC(=O)N1CCCCC1.S. The molecule has 3 heteroatoms. The van der Waals surface area contributed by atoms with Gasteiger partial charge in [0, 0.05) is 20.0 Å². The maximum atomic E-state index is 10.7. The van der Waals surface area contributed by atoms with E-state index in [9.17, 15) is 4.79 Å². The average Bonchev–Trinajstić information content (AvgIpc) is 2.10. The Kier molecular flexibility index (Phi) is 10.7. The van der Waals surface area contributed by atoms with Gasteiger partial charge in [0.05, 0.1) is 0 Å². The largest absolute Gasteiger partial charge is 0.343 e. The van der Waals surface area contributed by atoms with Crippen LogP contribution < -0.4 is 0 Å². The second kappa shape index (κ2) is 8.91. The number of piperidine rings is 1. The summed E-state index contributed by atoms with van der Waals surface area (Å²) in [4.78, 5) is 12.6. The molecule has 0 bridgehead atoms. The van der Waals surface area contributed by atoms with Crippen LogP contribution in [0.15, 0.2) is 0 Å². The number of likely N-dealkylation sites (tertiary alicyclic amines) is 1. The predicted octanol–water partition coefficient (Wildman–Crippen LogP) is 2.16. The number of hydrogen-bond acceptors (Lipinski definition) is 1. The normalized spacial score (nSPS) is 15.4. The summed E-state index contributed by atoms with van der Waals surface area (Å²) in [6.07, 6.45) is 3.68. The van der Waals surface area contributed by atoms with Gasteiger partial charge in [0.2, 0.25) is 5.91 Å². The quantitative estimate of drug-likeness (QED) is 0.574. The zero-order chi connectivity index (χ0) is 8.69. The van der Waals surface area contributed by atoms with Gasteiger partial charge in [0.15, 0.2) is 0 Å². The van der Waals surface area contributed by atoms with E-state index in [0.29, 0.717) is 0 Å². The van der Waals surface area contributed by atoms with Crippen molar-refractivity contribution in [1.82, 2.24) is 4.90 Å². The van der Waals surface area contributed by atoms with E-state index < -0.39 is 0 Å². The Hall–Kier alpha value is -0.180. The van der Waals surface area contributed by atoms with Gasteiger partial charge in [-0.1, -0.05) is 13.8 Å². The molecule has 1 heterocycles. The first-order chi connectivity index (χ1) is 5.30. The molecule has 12 heavy (non-hydrogen) atoms. The molecular weight excluding hydrogens is 170 g/mol. The molecule has 1 fully saturated rings. The Morgan fingerprint density at radius 1 is 1.08 bits per heavy atom. The Balaban J connectivity index is 0. The van der Waals surface area contributed by atoms with E-state index in [0.717, 1.165) is 13.1 Å². The summed E-state index contributed by atoms with van der Waals surface area (Å²) < 4.78 is 0. The van der Waals surface area contributed by atoms with Gasteiger partial charge in [0.25, 0.3) is 0 Å². The second-order valence-electron chi connectivity index (χ2n) is 2.57. The highest BCUT2D eigenvalue weighted by atomic mass is 32.1. The van der Waals surface area contributed by atoms with Crippen LogP contribution in [0.3, 0.4) is 0 Å². The zero-order valence-electron chi connectivity index (χ0n) is 8.39. The third-order valence-corrected chi connectivity index (χ3v) is 1.80. The number of rotatable bonds is 0. The van der Waals surface area contributed by atoms with Gasteiger partial charge in [-0.2, -0.15) is 13.5 Å². The third-order valence-electron chi connectivity index (χ3n) is 1.80. The monoisotopic (exact) mass is 191 g/mol. The molecule has 74 valence electrons. The van der Waals surface area contributed by atoms with Crippen molar-refractivity contribution >= 4 is 19.4 Å². The molecule has 0 spiro atoms. The summed E-state index contributed by atoms with van der Waals surface area (Å²) in [7, 11) is 0. The molecule has 1 rings (SSSR count). The van der Waals surface area contributed by atoms with Crippen LogP contribution in [0.4, 0.5) is 0 Å². The minimum atomic E-state index is 0. The van der Waals surface area contributed by atoms with Crippen molar-refractivity contribution < 1.29 is 4.79 Å². The van der Waals surface area contributed by atoms with Gasteiger partial charge >= 0.3 is 0 Å². The van der Waals surface area contributed by atoms with Gasteiger partial charge in [-0.3, -0.25) is 4.79 Å². The van der Waals surface area contributed by atoms with Crippen LogP contribution in [0, 0.1) is 0 Å². The zero-order valence-corrected chi connectivity index (χ0v) is 9.39. The fourth-order valence-corrected chi connectivity index (χ4v) is 1.21. The molecule has 1 amide bonds. The summed E-state index contributed by atoms with van der Waals surface area (Å²) in [5.74, 6) is 0.231. The van der Waals surface area contributed by atoms with Crippen LogP contribution >= 0.6 is 13.5 Å². The van der Waals surface area contributed by atoms with Crippen LogP contribution in [0.1, 0.15) is 40.0 Å². The first kappa shape index (κ1) is 14.3. The average molecular weight is 191 g/mol. The van der Waals surface area contributed by atoms with E-state index in [4.69, 9.17) is 0 Å². The molecule has 1 saturated heterocycles. The van der Waals surface area contributed by atoms with E-state index in [-0.39, 0.29) is 19.4 Å². The molecular formula is C9H21NOS. The third kappa shape index (κ3) is 5.47. The Morgan fingerprint density at radius 2 is 1.50 bits per heavy atom. The molecule has 0 radical (unpaired) electrons. The van der Waals surface area contributed by atoms with Crippen LogP contribution in [-0.2, 0) is 4.79 Å². The molecule has 0 aliphatic carbocycles. The van der Waals surface area contributed by atoms with Crippen molar-refractivity contribution in [3.63, 3.8) is 0 Å². The van der Waals surface area contributed by atoms with Gasteiger partial charge in [-0.25, -0.2) is 0 Å². The molecule has 0 atom stereocenters. The highest BCUT2D eigenvalue weighted by Crippen LogP contribution is 2.07. The molecule has 0 aromatic carbocycles. The number of carbonyl (C=O) groups excluding carboxylic acids is 1. The molecule has 0 unspecified atom stereocenters. The lowest BCUT2D eigenvalue weighted by Crippen LogP contribution is -2.33.